The lowest BCUT2D eigenvalue weighted by Crippen LogP contribution is -2.41. The van der Waals surface area contributed by atoms with Crippen LogP contribution in [-0.4, -0.2) is 77.4 Å². The standard InChI is InChI=1S/C21H29N5O3/c27-17-6-4-16(5-7-17)24-21-23-14-15-2-1-3-18(19(15)25-21)20(28)22-8-9-26-10-12-29-13-11-26/h1-3,14,16-17,27H,4-13H2,(H,22,28)(H,23,24,25). The van der Waals surface area contributed by atoms with Crippen molar-refractivity contribution in [3.63, 3.8) is 0 Å². The number of nitrogens with zero attached hydrogens (tertiary/aromatic N) is 3. The predicted octanol–water partition coefficient (Wildman–Crippen LogP) is 1.41. The van der Waals surface area contributed by atoms with Crippen molar-refractivity contribution in [3.8, 4) is 0 Å². The Bertz CT molecular complexity index is 832. The third kappa shape index (κ3) is 5.20. The Balaban J connectivity index is 1.41. The molecule has 156 valence electrons. The number of amides is 1. The lowest BCUT2D eigenvalue weighted by molar-refractivity contribution is 0.0383. The molecule has 3 N–H and O–H groups in total. The van der Waals surface area contributed by atoms with Gasteiger partial charge in [-0.25, -0.2) is 9.97 Å². The van der Waals surface area contributed by atoms with Crippen LogP contribution in [0.5, 0.6) is 0 Å². The smallest absolute Gasteiger partial charge is 0.253 e. The molecule has 29 heavy (non-hydrogen) atoms. The monoisotopic (exact) mass is 399 g/mol. The van der Waals surface area contributed by atoms with Crippen LogP contribution < -0.4 is 10.6 Å². The molecular formula is C21H29N5O3. The molecule has 1 aliphatic heterocycles. The summed E-state index contributed by atoms with van der Waals surface area (Å²) in [4.78, 5) is 24.1. The van der Waals surface area contributed by atoms with Crippen LogP contribution in [0.4, 0.5) is 5.95 Å². The van der Waals surface area contributed by atoms with Crippen molar-refractivity contribution in [2.45, 2.75) is 37.8 Å². The van der Waals surface area contributed by atoms with Crippen molar-refractivity contribution < 1.29 is 14.6 Å². The van der Waals surface area contributed by atoms with Crippen LogP contribution >= 0.6 is 0 Å². The van der Waals surface area contributed by atoms with E-state index >= 15 is 0 Å². The number of aliphatic hydroxyl groups excluding tert-OH is 1. The largest absolute Gasteiger partial charge is 0.393 e. The second kappa shape index (κ2) is 9.47. The Morgan fingerprint density at radius 2 is 2.00 bits per heavy atom. The number of anilines is 1. The first-order chi connectivity index (χ1) is 14.2. The number of hydrogen-bond donors (Lipinski definition) is 3. The first kappa shape index (κ1) is 20.0. The highest BCUT2D eigenvalue weighted by Crippen LogP contribution is 2.22. The molecule has 1 aromatic heterocycles. The van der Waals surface area contributed by atoms with E-state index in [1.807, 2.05) is 12.1 Å². The van der Waals surface area contributed by atoms with Crippen LogP contribution in [0.1, 0.15) is 36.0 Å². The van der Waals surface area contributed by atoms with E-state index in [1.165, 1.54) is 0 Å². The number of carbonyl (C=O) groups excluding carboxylic acids is 1. The van der Waals surface area contributed by atoms with Gasteiger partial charge in [0.25, 0.3) is 5.91 Å². The van der Waals surface area contributed by atoms with Crippen molar-refractivity contribution in [2.24, 2.45) is 0 Å². The Hall–Kier alpha value is -2.29. The lowest BCUT2D eigenvalue weighted by Gasteiger charge is -2.26. The third-order valence-corrected chi connectivity index (χ3v) is 5.70. The Morgan fingerprint density at radius 1 is 1.21 bits per heavy atom. The quantitative estimate of drug-likeness (QED) is 0.675. The average molecular weight is 399 g/mol. The summed E-state index contributed by atoms with van der Waals surface area (Å²) in [5.41, 5.74) is 1.22. The molecule has 1 saturated heterocycles. The molecule has 2 heterocycles. The van der Waals surface area contributed by atoms with E-state index in [9.17, 15) is 9.90 Å². The van der Waals surface area contributed by atoms with Crippen LogP contribution in [0, 0.1) is 0 Å². The van der Waals surface area contributed by atoms with Gasteiger partial charge in [-0.1, -0.05) is 12.1 Å². The minimum Gasteiger partial charge on any atom is -0.393 e. The molecule has 2 aromatic rings. The predicted molar refractivity (Wildman–Crippen MR) is 111 cm³/mol. The summed E-state index contributed by atoms with van der Waals surface area (Å²) in [7, 11) is 0. The summed E-state index contributed by atoms with van der Waals surface area (Å²) >= 11 is 0. The van der Waals surface area contributed by atoms with Gasteiger partial charge in [0.2, 0.25) is 5.95 Å². The fourth-order valence-corrected chi connectivity index (χ4v) is 3.96. The Kier molecular flexibility index (Phi) is 6.53. The molecule has 2 aliphatic rings. The fraction of sp³-hybridized carbons (Fsp3) is 0.571. The van der Waals surface area contributed by atoms with Crippen molar-refractivity contribution >= 4 is 22.8 Å². The zero-order valence-electron chi connectivity index (χ0n) is 16.6. The zero-order valence-corrected chi connectivity index (χ0v) is 16.6. The number of nitrogens with one attached hydrogen (secondary N) is 2. The maximum Gasteiger partial charge on any atom is 0.253 e. The summed E-state index contributed by atoms with van der Waals surface area (Å²) in [5.74, 6) is 0.418. The van der Waals surface area contributed by atoms with Gasteiger partial charge in [0.15, 0.2) is 0 Å². The number of ether oxygens (including phenoxy) is 1. The molecule has 0 atom stereocenters. The molecule has 0 spiro atoms. The number of aliphatic hydroxyl groups is 1. The van der Waals surface area contributed by atoms with Crippen molar-refractivity contribution in [3.05, 3.63) is 30.0 Å². The van der Waals surface area contributed by atoms with E-state index in [2.05, 4.69) is 25.5 Å². The molecule has 2 fully saturated rings. The van der Waals surface area contributed by atoms with Gasteiger partial charge >= 0.3 is 0 Å². The third-order valence-electron chi connectivity index (χ3n) is 5.70. The number of aromatic nitrogens is 2. The minimum atomic E-state index is -0.196. The topological polar surface area (TPSA) is 99.6 Å². The molecule has 8 nitrogen and oxygen atoms in total. The summed E-state index contributed by atoms with van der Waals surface area (Å²) in [6, 6.07) is 5.84. The van der Waals surface area contributed by atoms with E-state index < -0.39 is 0 Å². The molecule has 1 aliphatic carbocycles. The number of morpholine rings is 1. The number of para-hydroxylation sites is 1. The van der Waals surface area contributed by atoms with Gasteiger partial charge in [-0.05, 0) is 31.7 Å². The minimum absolute atomic E-state index is 0.116. The molecule has 8 heteroatoms. The van der Waals surface area contributed by atoms with Gasteiger partial charge in [-0.15, -0.1) is 0 Å². The maximum atomic E-state index is 12.8. The highest BCUT2D eigenvalue weighted by atomic mass is 16.5. The zero-order chi connectivity index (χ0) is 20.1. The average Bonchev–Trinajstić information content (AvgIpc) is 2.75. The molecule has 1 aromatic carbocycles. The molecule has 1 amide bonds. The number of benzene rings is 1. The summed E-state index contributed by atoms with van der Waals surface area (Å²) in [5, 5.41) is 16.9. The van der Waals surface area contributed by atoms with Crippen molar-refractivity contribution in [2.75, 3.05) is 44.7 Å². The van der Waals surface area contributed by atoms with Gasteiger partial charge in [-0.3, -0.25) is 9.69 Å². The van der Waals surface area contributed by atoms with E-state index in [-0.39, 0.29) is 18.1 Å². The van der Waals surface area contributed by atoms with Crippen LogP contribution in [0.25, 0.3) is 10.9 Å². The first-order valence-corrected chi connectivity index (χ1v) is 10.5. The van der Waals surface area contributed by atoms with Crippen LogP contribution in [0.15, 0.2) is 24.4 Å². The lowest BCUT2D eigenvalue weighted by atomic mass is 9.93. The second-order valence-corrected chi connectivity index (χ2v) is 7.80. The highest BCUT2D eigenvalue weighted by Gasteiger charge is 2.20. The molecular weight excluding hydrogens is 370 g/mol. The van der Waals surface area contributed by atoms with Crippen LogP contribution in [-0.2, 0) is 4.74 Å². The van der Waals surface area contributed by atoms with Gasteiger partial charge in [0.1, 0.15) is 0 Å². The number of hydrogen-bond acceptors (Lipinski definition) is 7. The number of fused-ring (bicyclic) bond motifs is 1. The van der Waals surface area contributed by atoms with Crippen LogP contribution in [0.2, 0.25) is 0 Å². The fourth-order valence-electron chi connectivity index (χ4n) is 3.96. The molecule has 1 saturated carbocycles. The summed E-state index contributed by atoms with van der Waals surface area (Å²) < 4.78 is 5.35. The Morgan fingerprint density at radius 3 is 2.79 bits per heavy atom. The van der Waals surface area contributed by atoms with E-state index in [4.69, 9.17) is 4.74 Å². The molecule has 0 bridgehead atoms. The number of carbonyl (C=O) groups is 1. The van der Waals surface area contributed by atoms with E-state index in [0.717, 1.165) is 63.9 Å². The van der Waals surface area contributed by atoms with Gasteiger partial charge < -0.3 is 20.5 Å². The Labute approximate surface area is 170 Å². The molecule has 0 radical (unpaired) electrons. The van der Waals surface area contributed by atoms with Gasteiger partial charge in [0, 0.05) is 43.8 Å². The summed E-state index contributed by atoms with van der Waals surface area (Å²) in [6.07, 6.45) is 4.94. The molecule has 0 unspecified atom stereocenters. The first-order valence-electron chi connectivity index (χ1n) is 10.5. The van der Waals surface area contributed by atoms with Gasteiger partial charge in [-0.2, -0.15) is 0 Å². The van der Waals surface area contributed by atoms with Crippen molar-refractivity contribution in [1.82, 2.24) is 20.2 Å². The van der Waals surface area contributed by atoms with E-state index in [1.54, 1.807) is 12.3 Å². The van der Waals surface area contributed by atoms with Crippen LogP contribution in [0.3, 0.4) is 0 Å². The molecule has 4 rings (SSSR count). The SMILES string of the molecule is O=C(NCCN1CCOCC1)c1cccc2cnc(NC3CCC(O)CC3)nc12. The number of rotatable bonds is 6. The normalized spacial score (nSPS) is 23.1. The maximum absolute atomic E-state index is 12.8. The second-order valence-electron chi connectivity index (χ2n) is 7.80. The van der Waals surface area contributed by atoms with Gasteiger partial charge in [0.05, 0.1) is 30.4 Å². The summed E-state index contributed by atoms with van der Waals surface area (Å²) in [6.45, 7) is 4.73. The van der Waals surface area contributed by atoms with E-state index in [0.29, 0.717) is 23.6 Å². The highest BCUT2D eigenvalue weighted by molar-refractivity contribution is 6.05. The van der Waals surface area contributed by atoms with Crippen molar-refractivity contribution in [1.29, 1.82) is 0 Å².